The van der Waals surface area contributed by atoms with Crippen molar-refractivity contribution in [3.8, 4) is 0 Å². The van der Waals surface area contributed by atoms with Crippen molar-refractivity contribution in [3.05, 3.63) is 23.1 Å². The molecule has 0 N–H and O–H groups in total. The first-order valence-corrected chi connectivity index (χ1v) is 7.04. The Bertz CT molecular complexity index is 360. The second-order valence-electron chi connectivity index (χ2n) is 6.65. The van der Waals surface area contributed by atoms with E-state index in [-0.39, 0.29) is 5.54 Å². The quantitative estimate of drug-likeness (QED) is 0.455. The molecule has 1 nitrogen and oxygen atoms in total. The summed E-state index contributed by atoms with van der Waals surface area (Å²) in [7, 11) is 0. The van der Waals surface area contributed by atoms with Crippen molar-refractivity contribution in [2.75, 3.05) is 0 Å². The molecule has 1 heteroatoms. The average Bonchev–Trinajstić information content (AvgIpc) is 2.28. The van der Waals surface area contributed by atoms with E-state index in [0.29, 0.717) is 11.8 Å². The van der Waals surface area contributed by atoms with Gasteiger partial charge in [-0.2, -0.15) is 0 Å². The number of rotatable bonds is 1. The molecule has 0 spiro atoms. The third-order valence-electron chi connectivity index (χ3n) is 5.18. The number of nitrogens with zero attached hydrogens (tertiary/aromatic N) is 1. The van der Waals surface area contributed by atoms with Crippen LogP contribution >= 0.6 is 0 Å². The molecule has 0 aromatic heterocycles. The highest BCUT2D eigenvalue weighted by Gasteiger charge is 2.51. The molecule has 1 saturated carbocycles. The van der Waals surface area contributed by atoms with E-state index >= 15 is 0 Å². The minimum Gasteiger partial charge on any atom is -0.310 e. The first-order valence-electron chi connectivity index (χ1n) is 7.04. The highest BCUT2D eigenvalue weighted by atomic mass is 14.8. The highest BCUT2D eigenvalue weighted by molar-refractivity contribution is 5.17. The van der Waals surface area contributed by atoms with Crippen LogP contribution in [0.4, 0.5) is 0 Å². The molecule has 1 fully saturated rings. The van der Waals surface area contributed by atoms with Crippen LogP contribution in [-0.4, -0.2) is 5.54 Å². The number of fused-ring (bicyclic) bond motifs is 1. The summed E-state index contributed by atoms with van der Waals surface area (Å²) in [6.45, 7) is 16.7. The molecule has 2 rings (SSSR count). The van der Waals surface area contributed by atoms with E-state index in [4.69, 9.17) is 6.57 Å². The van der Waals surface area contributed by atoms with Gasteiger partial charge in [0.05, 0.1) is 0 Å². The molecule has 17 heavy (non-hydrogen) atoms. The lowest BCUT2D eigenvalue weighted by atomic mass is 9.57. The van der Waals surface area contributed by atoms with Crippen LogP contribution in [0.15, 0.2) is 11.6 Å². The van der Waals surface area contributed by atoms with Crippen LogP contribution in [0.1, 0.15) is 53.4 Å². The third-order valence-corrected chi connectivity index (χ3v) is 5.18. The molecule has 0 saturated heterocycles. The lowest BCUT2D eigenvalue weighted by Crippen LogP contribution is -2.46. The molecule has 0 amide bonds. The largest absolute Gasteiger partial charge is 0.310 e. The summed E-state index contributed by atoms with van der Waals surface area (Å²) in [5.41, 5.74) is 1.46. The van der Waals surface area contributed by atoms with E-state index in [1.54, 1.807) is 5.57 Å². The Balaban J connectivity index is 2.33. The molecule has 0 aromatic carbocycles. The molecule has 0 aromatic rings. The Labute approximate surface area is 106 Å². The van der Waals surface area contributed by atoms with E-state index in [9.17, 15) is 0 Å². The molecule has 94 valence electrons. The van der Waals surface area contributed by atoms with Gasteiger partial charge in [-0.3, -0.25) is 0 Å². The van der Waals surface area contributed by atoms with Crippen molar-refractivity contribution in [1.82, 2.24) is 0 Å². The van der Waals surface area contributed by atoms with Crippen LogP contribution in [0.25, 0.3) is 4.85 Å². The fourth-order valence-corrected chi connectivity index (χ4v) is 4.00. The van der Waals surface area contributed by atoms with Gasteiger partial charge in [0.1, 0.15) is 0 Å². The summed E-state index contributed by atoms with van der Waals surface area (Å²) in [4.78, 5) is 4.00. The fourth-order valence-electron chi connectivity index (χ4n) is 4.00. The fraction of sp³-hybridized carbons (Fsp3) is 0.812. The summed E-state index contributed by atoms with van der Waals surface area (Å²) in [6, 6.07) is 0. The maximum Gasteiger partial charge on any atom is 0.233 e. The first kappa shape index (κ1) is 12.7. The normalized spacial score (nSPS) is 41.6. The van der Waals surface area contributed by atoms with Gasteiger partial charge in [-0.1, -0.05) is 25.5 Å². The van der Waals surface area contributed by atoms with Gasteiger partial charge in [-0.25, -0.2) is 6.57 Å². The standard InChI is InChI=1S/C16H25N/c1-11(2)13-8-9-16(4,17-5)15-7-6-12(3)10-14(13)15/h10-11,13-15H,6-9H2,1-4H3/t13-,14+,15-,16+/m0/s1. The van der Waals surface area contributed by atoms with Crippen LogP contribution < -0.4 is 0 Å². The van der Waals surface area contributed by atoms with Crippen molar-refractivity contribution in [2.24, 2.45) is 23.7 Å². The van der Waals surface area contributed by atoms with Gasteiger partial charge in [0.2, 0.25) is 5.54 Å². The summed E-state index contributed by atoms with van der Waals surface area (Å²) in [6.07, 6.45) is 7.28. The number of hydrogen-bond donors (Lipinski definition) is 0. The summed E-state index contributed by atoms with van der Waals surface area (Å²) >= 11 is 0. The van der Waals surface area contributed by atoms with Crippen LogP contribution in [-0.2, 0) is 0 Å². The van der Waals surface area contributed by atoms with E-state index < -0.39 is 0 Å². The molecule has 0 radical (unpaired) electrons. The zero-order valence-corrected chi connectivity index (χ0v) is 11.7. The van der Waals surface area contributed by atoms with Gasteiger partial charge >= 0.3 is 0 Å². The smallest absolute Gasteiger partial charge is 0.233 e. The van der Waals surface area contributed by atoms with Gasteiger partial charge < -0.3 is 4.85 Å². The monoisotopic (exact) mass is 231 g/mol. The van der Waals surface area contributed by atoms with Gasteiger partial charge in [0, 0.05) is 19.3 Å². The molecule has 4 atom stereocenters. The van der Waals surface area contributed by atoms with Crippen molar-refractivity contribution < 1.29 is 0 Å². The summed E-state index contributed by atoms with van der Waals surface area (Å²) < 4.78 is 0. The lowest BCUT2D eigenvalue weighted by Gasteiger charge is -2.45. The van der Waals surface area contributed by atoms with E-state index in [0.717, 1.165) is 18.3 Å². The van der Waals surface area contributed by atoms with Crippen LogP contribution in [0.5, 0.6) is 0 Å². The predicted octanol–water partition coefficient (Wildman–Crippen LogP) is 4.70. The van der Waals surface area contributed by atoms with Gasteiger partial charge in [0.15, 0.2) is 0 Å². The topological polar surface area (TPSA) is 4.36 Å². The van der Waals surface area contributed by atoms with E-state index in [1.165, 1.54) is 19.3 Å². The maximum atomic E-state index is 7.54. The number of allylic oxidation sites excluding steroid dienone is 2. The van der Waals surface area contributed by atoms with Crippen LogP contribution in [0.2, 0.25) is 0 Å². The Kier molecular flexibility index (Phi) is 3.34. The summed E-state index contributed by atoms with van der Waals surface area (Å²) in [5, 5.41) is 0. The first-order chi connectivity index (χ1) is 7.98. The molecular formula is C16H25N. The molecular weight excluding hydrogens is 206 g/mol. The second-order valence-corrected chi connectivity index (χ2v) is 6.65. The lowest BCUT2D eigenvalue weighted by molar-refractivity contribution is 0.0861. The molecule has 0 aliphatic heterocycles. The van der Waals surface area contributed by atoms with E-state index in [1.807, 2.05) is 0 Å². The molecule has 2 aliphatic rings. The van der Waals surface area contributed by atoms with Crippen LogP contribution in [0.3, 0.4) is 0 Å². The van der Waals surface area contributed by atoms with Crippen molar-refractivity contribution >= 4 is 0 Å². The Morgan fingerprint density at radius 3 is 2.71 bits per heavy atom. The number of hydrogen-bond acceptors (Lipinski definition) is 0. The zero-order valence-electron chi connectivity index (χ0n) is 11.7. The minimum absolute atomic E-state index is 0.0900. The third kappa shape index (κ3) is 2.15. The molecule has 0 heterocycles. The highest BCUT2D eigenvalue weighted by Crippen LogP contribution is 2.51. The van der Waals surface area contributed by atoms with Gasteiger partial charge in [-0.15, -0.1) is 0 Å². The predicted molar refractivity (Wildman–Crippen MR) is 72.5 cm³/mol. The minimum atomic E-state index is -0.0900. The van der Waals surface area contributed by atoms with Crippen LogP contribution in [0, 0.1) is 30.2 Å². The Morgan fingerprint density at radius 2 is 2.12 bits per heavy atom. The SMILES string of the molecule is [C-]#[N+][C@]1(C)CC[C@@H](C(C)C)[C@H]2C=C(C)CC[C@@H]21. The van der Waals surface area contributed by atoms with Gasteiger partial charge in [0.25, 0.3) is 0 Å². The Morgan fingerprint density at radius 1 is 1.41 bits per heavy atom. The zero-order chi connectivity index (χ0) is 12.6. The van der Waals surface area contributed by atoms with Crippen molar-refractivity contribution in [3.63, 3.8) is 0 Å². The van der Waals surface area contributed by atoms with Gasteiger partial charge in [-0.05, 0) is 43.9 Å². The van der Waals surface area contributed by atoms with Crippen molar-refractivity contribution in [2.45, 2.75) is 58.9 Å². The van der Waals surface area contributed by atoms with E-state index in [2.05, 4.69) is 38.6 Å². The maximum absolute atomic E-state index is 7.54. The molecule has 0 bridgehead atoms. The van der Waals surface area contributed by atoms with Crippen molar-refractivity contribution in [1.29, 1.82) is 0 Å². The average molecular weight is 231 g/mol. The summed E-state index contributed by atoms with van der Waals surface area (Å²) in [5.74, 6) is 2.81. The molecule has 0 unspecified atom stereocenters. The Hall–Kier alpha value is -0.770. The molecule has 2 aliphatic carbocycles. The second kappa shape index (κ2) is 4.48.